The average Bonchev–Trinajstić information content (AvgIpc) is 2.41. The fourth-order valence-corrected chi connectivity index (χ4v) is 1.32. The lowest BCUT2D eigenvalue weighted by atomic mass is 10.2. The summed E-state index contributed by atoms with van der Waals surface area (Å²) < 4.78 is 10.5. The van der Waals surface area contributed by atoms with Gasteiger partial charge in [0, 0.05) is 5.92 Å². The molecule has 0 saturated carbocycles. The third-order valence-electron chi connectivity index (χ3n) is 2.35. The number of rotatable bonds is 8. The van der Waals surface area contributed by atoms with E-state index in [9.17, 15) is 9.59 Å². The molecule has 0 radical (unpaired) electrons. The highest BCUT2D eigenvalue weighted by Crippen LogP contribution is 2.10. The summed E-state index contributed by atoms with van der Waals surface area (Å²) in [5.74, 6) is -0.674. The lowest BCUT2D eigenvalue weighted by molar-refractivity contribution is -0.148. The molecule has 0 spiro atoms. The zero-order chi connectivity index (χ0) is 14.1. The molecule has 0 heterocycles. The maximum atomic E-state index is 11.2. The van der Waals surface area contributed by atoms with Crippen LogP contribution in [-0.2, 0) is 14.3 Å². The van der Waals surface area contributed by atoms with Crippen molar-refractivity contribution in [3.63, 3.8) is 0 Å². The van der Waals surface area contributed by atoms with Crippen LogP contribution in [0.4, 0.5) is 0 Å². The Morgan fingerprint density at radius 2 is 1.84 bits per heavy atom. The predicted molar refractivity (Wildman–Crippen MR) is 68.9 cm³/mol. The molecule has 5 heteroatoms. The SMILES string of the molecule is CC(COC(=O)CCC(=O)O)COc1ccccc1. The normalized spacial score (nSPS) is 11.6. The molecule has 0 saturated heterocycles. The standard InChI is InChI=1S/C14H18O5/c1-11(9-18-12-5-3-2-4-6-12)10-19-14(17)8-7-13(15)16/h2-6,11H,7-10H2,1H3,(H,15,16). The maximum Gasteiger partial charge on any atom is 0.306 e. The minimum absolute atomic E-state index is 0.0500. The molecule has 1 N–H and O–H groups in total. The first-order valence-corrected chi connectivity index (χ1v) is 6.13. The molecule has 1 aromatic rings. The van der Waals surface area contributed by atoms with Gasteiger partial charge in [0.05, 0.1) is 26.1 Å². The van der Waals surface area contributed by atoms with Gasteiger partial charge in [-0.2, -0.15) is 0 Å². The first-order chi connectivity index (χ1) is 9.08. The van der Waals surface area contributed by atoms with Crippen LogP contribution >= 0.6 is 0 Å². The Balaban J connectivity index is 2.15. The van der Waals surface area contributed by atoms with Crippen LogP contribution < -0.4 is 4.74 Å². The summed E-state index contributed by atoms with van der Waals surface area (Å²) in [7, 11) is 0. The van der Waals surface area contributed by atoms with Gasteiger partial charge in [0.1, 0.15) is 5.75 Å². The molecule has 1 aromatic carbocycles. The number of esters is 1. The molecular weight excluding hydrogens is 248 g/mol. The van der Waals surface area contributed by atoms with Gasteiger partial charge in [-0.3, -0.25) is 9.59 Å². The van der Waals surface area contributed by atoms with Crippen LogP contribution in [0.1, 0.15) is 19.8 Å². The van der Waals surface area contributed by atoms with Gasteiger partial charge < -0.3 is 14.6 Å². The first-order valence-electron chi connectivity index (χ1n) is 6.13. The highest BCUT2D eigenvalue weighted by molar-refractivity contribution is 5.76. The Labute approximate surface area is 112 Å². The minimum Gasteiger partial charge on any atom is -0.493 e. The van der Waals surface area contributed by atoms with E-state index in [0.29, 0.717) is 6.61 Å². The van der Waals surface area contributed by atoms with Crippen molar-refractivity contribution in [2.45, 2.75) is 19.8 Å². The second-order valence-corrected chi connectivity index (χ2v) is 4.31. The predicted octanol–water partition coefficient (Wildman–Crippen LogP) is 2.11. The molecule has 0 aliphatic heterocycles. The van der Waals surface area contributed by atoms with Crippen molar-refractivity contribution in [3.8, 4) is 5.75 Å². The van der Waals surface area contributed by atoms with Crippen molar-refractivity contribution in [1.29, 1.82) is 0 Å². The third-order valence-corrected chi connectivity index (χ3v) is 2.35. The van der Waals surface area contributed by atoms with Crippen molar-refractivity contribution in [2.75, 3.05) is 13.2 Å². The number of carbonyl (C=O) groups is 2. The molecule has 0 aliphatic carbocycles. The Hall–Kier alpha value is -2.04. The van der Waals surface area contributed by atoms with Crippen LogP contribution in [-0.4, -0.2) is 30.3 Å². The number of para-hydroxylation sites is 1. The summed E-state index contributed by atoms with van der Waals surface area (Å²) >= 11 is 0. The van der Waals surface area contributed by atoms with Crippen molar-refractivity contribution >= 4 is 11.9 Å². The summed E-state index contributed by atoms with van der Waals surface area (Å²) in [5.41, 5.74) is 0. The van der Waals surface area contributed by atoms with Crippen LogP contribution in [0.2, 0.25) is 0 Å². The van der Waals surface area contributed by atoms with Gasteiger partial charge in [0.15, 0.2) is 0 Å². The number of hydrogen-bond donors (Lipinski definition) is 1. The van der Waals surface area contributed by atoms with Crippen LogP contribution in [0.5, 0.6) is 5.75 Å². The summed E-state index contributed by atoms with van der Waals surface area (Å²) in [6.45, 7) is 2.56. The van der Waals surface area contributed by atoms with Gasteiger partial charge in [0.2, 0.25) is 0 Å². The summed E-state index contributed by atoms with van der Waals surface area (Å²) in [6.07, 6.45) is -0.296. The molecular formula is C14H18O5. The molecule has 1 unspecified atom stereocenters. The van der Waals surface area contributed by atoms with Gasteiger partial charge in [-0.1, -0.05) is 25.1 Å². The van der Waals surface area contributed by atoms with Crippen molar-refractivity contribution < 1.29 is 24.2 Å². The topological polar surface area (TPSA) is 72.8 Å². The van der Waals surface area contributed by atoms with Gasteiger partial charge in [-0.15, -0.1) is 0 Å². The van der Waals surface area contributed by atoms with Gasteiger partial charge >= 0.3 is 11.9 Å². The Morgan fingerprint density at radius 1 is 1.16 bits per heavy atom. The van der Waals surface area contributed by atoms with E-state index in [0.717, 1.165) is 5.75 Å². The van der Waals surface area contributed by atoms with Crippen LogP contribution in [0.3, 0.4) is 0 Å². The van der Waals surface area contributed by atoms with Crippen LogP contribution in [0.15, 0.2) is 30.3 Å². The lowest BCUT2D eigenvalue weighted by Crippen LogP contribution is -2.18. The highest BCUT2D eigenvalue weighted by atomic mass is 16.5. The minimum atomic E-state index is -1.00. The number of carboxylic acids is 1. The Morgan fingerprint density at radius 3 is 2.47 bits per heavy atom. The zero-order valence-corrected chi connectivity index (χ0v) is 10.9. The van der Waals surface area contributed by atoms with Crippen molar-refractivity contribution in [3.05, 3.63) is 30.3 Å². The van der Waals surface area contributed by atoms with E-state index in [1.165, 1.54) is 0 Å². The molecule has 0 fully saturated rings. The zero-order valence-electron chi connectivity index (χ0n) is 10.9. The van der Waals surface area contributed by atoms with E-state index < -0.39 is 11.9 Å². The van der Waals surface area contributed by atoms with E-state index in [4.69, 9.17) is 14.6 Å². The third kappa shape index (κ3) is 7.08. The van der Waals surface area contributed by atoms with Gasteiger partial charge in [-0.25, -0.2) is 0 Å². The highest BCUT2D eigenvalue weighted by Gasteiger charge is 2.10. The second-order valence-electron chi connectivity index (χ2n) is 4.31. The number of benzene rings is 1. The van der Waals surface area contributed by atoms with Gasteiger partial charge in [-0.05, 0) is 12.1 Å². The second kappa shape index (κ2) is 8.13. The first kappa shape index (κ1) is 15.0. The largest absolute Gasteiger partial charge is 0.493 e. The van der Waals surface area contributed by atoms with E-state index in [1.54, 1.807) is 0 Å². The van der Waals surface area contributed by atoms with E-state index in [2.05, 4.69) is 0 Å². The van der Waals surface area contributed by atoms with E-state index in [1.807, 2.05) is 37.3 Å². The number of ether oxygens (including phenoxy) is 2. The van der Waals surface area contributed by atoms with Crippen molar-refractivity contribution in [2.24, 2.45) is 5.92 Å². The molecule has 19 heavy (non-hydrogen) atoms. The fraction of sp³-hybridized carbons (Fsp3) is 0.429. The fourth-order valence-electron chi connectivity index (χ4n) is 1.32. The smallest absolute Gasteiger partial charge is 0.306 e. The van der Waals surface area contributed by atoms with Crippen LogP contribution in [0, 0.1) is 5.92 Å². The Kier molecular flexibility index (Phi) is 6.43. The maximum absolute atomic E-state index is 11.2. The number of aliphatic carboxylic acids is 1. The average molecular weight is 266 g/mol. The molecule has 1 rings (SSSR count). The van der Waals surface area contributed by atoms with Gasteiger partial charge in [0.25, 0.3) is 0 Å². The van der Waals surface area contributed by atoms with E-state index >= 15 is 0 Å². The molecule has 5 nitrogen and oxygen atoms in total. The Bertz CT molecular complexity index is 402. The number of hydrogen-bond acceptors (Lipinski definition) is 4. The molecule has 0 bridgehead atoms. The summed E-state index contributed by atoms with van der Waals surface area (Å²) in [4.78, 5) is 21.5. The molecule has 104 valence electrons. The molecule has 0 aromatic heterocycles. The quantitative estimate of drug-likeness (QED) is 0.729. The molecule has 0 aliphatic rings. The molecule has 1 atom stereocenters. The monoisotopic (exact) mass is 266 g/mol. The summed E-state index contributed by atoms with van der Waals surface area (Å²) in [6, 6.07) is 9.37. The number of carbonyl (C=O) groups excluding carboxylic acids is 1. The van der Waals surface area contributed by atoms with Crippen LogP contribution in [0.25, 0.3) is 0 Å². The summed E-state index contributed by atoms with van der Waals surface area (Å²) in [5, 5.41) is 8.42. The molecule has 0 amide bonds. The lowest BCUT2D eigenvalue weighted by Gasteiger charge is -2.13. The van der Waals surface area contributed by atoms with E-state index in [-0.39, 0.29) is 25.4 Å². The number of carboxylic acid groups (broad SMARTS) is 1. The van der Waals surface area contributed by atoms with Crippen molar-refractivity contribution in [1.82, 2.24) is 0 Å².